The summed E-state index contributed by atoms with van der Waals surface area (Å²) in [5.74, 6) is -0.178. The fraction of sp³-hybridized carbons (Fsp3) is 0.190. The molecule has 3 aromatic rings. The fourth-order valence-corrected chi connectivity index (χ4v) is 3.16. The Bertz CT molecular complexity index is 959. The first-order valence-corrected chi connectivity index (χ1v) is 9.98. The number of hydrogen-bond donors (Lipinski definition) is 3. The fourth-order valence-electron chi connectivity index (χ4n) is 2.76. The standard InChI is InChI=1S/C21H22BrN5O2/c22-19-6-2-5-18(12-19)20(28)24-7-8-25-21(29)26-13-16-3-1-4-17(11-16)14-27-10-9-23-15-27/h1-6,9-12,15H,7-8,13-14H2,(H,24,28)(H2,25,26,29). The van der Waals surface area contributed by atoms with E-state index in [1.165, 1.54) is 0 Å². The molecule has 0 atom stereocenters. The Morgan fingerprint density at radius 3 is 2.55 bits per heavy atom. The van der Waals surface area contributed by atoms with Gasteiger partial charge in [0.25, 0.3) is 5.91 Å². The van der Waals surface area contributed by atoms with E-state index in [2.05, 4.69) is 42.9 Å². The maximum atomic E-state index is 12.0. The number of carbonyl (C=O) groups excluding carboxylic acids is 2. The molecule has 8 heteroatoms. The number of nitrogens with one attached hydrogen (secondary N) is 3. The molecular weight excluding hydrogens is 434 g/mol. The Labute approximate surface area is 177 Å². The first-order chi connectivity index (χ1) is 14.1. The zero-order valence-electron chi connectivity index (χ0n) is 15.8. The molecule has 3 rings (SSSR count). The van der Waals surface area contributed by atoms with Crippen LogP contribution in [0, 0.1) is 0 Å². The van der Waals surface area contributed by atoms with Crippen LogP contribution >= 0.6 is 15.9 Å². The van der Waals surface area contributed by atoms with Crippen LogP contribution in [-0.4, -0.2) is 34.6 Å². The molecule has 0 aliphatic rings. The molecular formula is C21H22BrN5O2. The summed E-state index contributed by atoms with van der Waals surface area (Å²) in [4.78, 5) is 28.0. The van der Waals surface area contributed by atoms with Crippen LogP contribution in [0.25, 0.3) is 0 Å². The molecule has 3 N–H and O–H groups in total. The Balaban J connectivity index is 1.36. The van der Waals surface area contributed by atoms with Crippen LogP contribution in [0.3, 0.4) is 0 Å². The van der Waals surface area contributed by atoms with Crippen molar-refractivity contribution in [2.45, 2.75) is 13.1 Å². The molecule has 2 aromatic carbocycles. The molecule has 1 aromatic heterocycles. The summed E-state index contributed by atoms with van der Waals surface area (Å²) in [6, 6.07) is 14.9. The molecule has 0 aliphatic heterocycles. The summed E-state index contributed by atoms with van der Waals surface area (Å²) in [5.41, 5.74) is 2.72. The average Bonchev–Trinajstić information content (AvgIpc) is 3.23. The van der Waals surface area contributed by atoms with Crippen LogP contribution in [0.15, 0.2) is 71.7 Å². The maximum absolute atomic E-state index is 12.0. The largest absolute Gasteiger partial charge is 0.350 e. The highest BCUT2D eigenvalue weighted by molar-refractivity contribution is 9.10. The van der Waals surface area contributed by atoms with Gasteiger partial charge >= 0.3 is 6.03 Å². The van der Waals surface area contributed by atoms with Gasteiger partial charge in [0.2, 0.25) is 0 Å². The molecule has 3 amide bonds. The number of hydrogen-bond acceptors (Lipinski definition) is 3. The minimum atomic E-state index is -0.276. The number of benzene rings is 2. The van der Waals surface area contributed by atoms with Crippen LogP contribution in [0.2, 0.25) is 0 Å². The van der Waals surface area contributed by atoms with Crippen molar-refractivity contribution in [1.82, 2.24) is 25.5 Å². The quantitative estimate of drug-likeness (QED) is 0.456. The lowest BCUT2D eigenvalue weighted by Crippen LogP contribution is -2.40. The topological polar surface area (TPSA) is 88.0 Å². The van der Waals surface area contributed by atoms with E-state index in [4.69, 9.17) is 0 Å². The zero-order valence-corrected chi connectivity index (χ0v) is 17.4. The van der Waals surface area contributed by atoms with Crippen molar-refractivity contribution < 1.29 is 9.59 Å². The molecule has 29 heavy (non-hydrogen) atoms. The van der Waals surface area contributed by atoms with E-state index >= 15 is 0 Å². The van der Waals surface area contributed by atoms with Gasteiger partial charge in [-0.1, -0.05) is 46.3 Å². The van der Waals surface area contributed by atoms with Gasteiger partial charge in [-0.3, -0.25) is 4.79 Å². The van der Waals surface area contributed by atoms with E-state index in [0.717, 1.165) is 22.1 Å². The van der Waals surface area contributed by atoms with Crippen LogP contribution in [0.4, 0.5) is 4.79 Å². The molecule has 150 valence electrons. The average molecular weight is 456 g/mol. The monoisotopic (exact) mass is 455 g/mol. The van der Waals surface area contributed by atoms with E-state index in [1.807, 2.05) is 35.0 Å². The third-order valence-corrected chi connectivity index (χ3v) is 4.64. The second-order valence-corrected chi connectivity index (χ2v) is 7.35. The number of aromatic nitrogens is 2. The summed E-state index contributed by atoms with van der Waals surface area (Å²) in [6.07, 6.45) is 5.43. The molecule has 0 saturated heterocycles. The van der Waals surface area contributed by atoms with Gasteiger partial charge in [0.15, 0.2) is 0 Å². The van der Waals surface area contributed by atoms with E-state index < -0.39 is 0 Å². The normalized spacial score (nSPS) is 10.4. The minimum absolute atomic E-state index is 0.178. The number of imidazole rings is 1. The van der Waals surface area contributed by atoms with Gasteiger partial charge in [-0.05, 0) is 29.3 Å². The van der Waals surface area contributed by atoms with E-state index in [9.17, 15) is 9.59 Å². The zero-order chi connectivity index (χ0) is 20.5. The predicted molar refractivity (Wildman–Crippen MR) is 114 cm³/mol. The summed E-state index contributed by atoms with van der Waals surface area (Å²) in [6.45, 7) is 1.84. The van der Waals surface area contributed by atoms with Gasteiger partial charge in [-0.25, -0.2) is 9.78 Å². The van der Waals surface area contributed by atoms with Crippen molar-refractivity contribution in [1.29, 1.82) is 0 Å². The Morgan fingerprint density at radius 1 is 0.966 bits per heavy atom. The number of carbonyl (C=O) groups is 2. The summed E-state index contributed by atoms with van der Waals surface area (Å²) < 4.78 is 2.83. The SMILES string of the molecule is O=C(NCCNC(=O)c1cccc(Br)c1)NCc1cccc(Cn2ccnc2)c1. The van der Waals surface area contributed by atoms with Crippen LogP contribution in [-0.2, 0) is 13.1 Å². The molecule has 1 heterocycles. The second-order valence-electron chi connectivity index (χ2n) is 6.43. The van der Waals surface area contributed by atoms with Gasteiger partial charge in [0.1, 0.15) is 0 Å². The highest BCUT2D eigenvalue weighted by atomic mass is 79.9. The Kier molecular flexibility index (Phi) is 7.40. The lowest BCUT2D eigenvalue weighted by Gasteiger charge is -2.10. The highest BCUT2D eigenvalue weighted by Crippen LogP contribution is 2.11. The summed E-state index contributed by atoms with van der Waals surface area (Å²) in [7, 11) is 0. The molecule has 0 fully saturated rings. The number of rotatable bonds is 8. The maximum Gasteiger partial charge on any atom is 0.315 e. The van der Waals surface area contributed by atoms with Crippen molar-refractivity contribution in [2.75, 3.05) is 13.1 Å². The van der Waals surface area contributed by atoms with Gasteiger partial charge < -0.3 is 20.5 Å². The molecule has 0 unspecified atom stereocenters. The van der Waals surface area contributed by atoms with Gasteiger partial charge in [0, 0.05) is 48.6 Å². The van der Waals surface area contributed by atoms with Gasteiger partial charge in [-0.2, -0.15) is 0 Å². The third kappa shape index (κ3) is 6.76. The van der Waals surface area contributed by atoms with Crippen molar-refractivity contribution in [3.05, 3.63) is 88.4 Å². The first kappa shape index (κ1) is 20.6. The van der Waals surface area contributed by atoms with Crippen LogP contribution in [0.1, 0.15) is 21.5 Å². The van der Waals surface area contributed by atoms with Gasteiger partial charge in [-0.15, -0.1) is 0 Å². The smallest absolute Gasteiger partial charge is 0.315 e. The lowest BCUT2D eigenvalue weighted by molar-refractivity contribution is 0.0953. The van der Waals surface area contributed by atoms with Crippen molar-refractivity contribution in [3.63, 3.8) is 0 Å². The molecule has 0 bridgehead atoms. The van der Waals surface area contributed by atoms with Crippen molar-refractivity contribution in [2.24, 2.45) is 0 Å². The lowest BCUT2D eigenvalue weighted by atomic mass is 10.1. The number of urea groups is 1. The van der Waals surface area contributed by atoms with E-state index in [1.54, 1.807) is 30.7 Å². The Hall–Kier alpha value is -3.13. The molecule has 0 aliphatic carbocycles. The first-order valence-electron chi connectivity index (χ1n) is 9.19. The predicted octanol–water partition coefficient (Wildman–Crippen LogP) is 2.92. The molecule has 0 radical (unpaired) electrons. The van der Waals surface area contributed by atoms with Crippen LogP contribution < -0.4 is 16.0 Å². The molecule has 0 saturated carbocycles. The Morgan fingerprint density at radius 2 is 1.76 bits per heavy atom. The summed E-state index contributed by atoms with van der Waals surface area (Å²) >= 11 is 3.34. The van der Waals surface area contributed by atoms with Crippen molar-refractivity contribution >= 4 is 27.9 Å². The number of halogens is 1. The number of nitrogens with zero attached hydrogens (tertiary/aromatic N) is 2. The molecule has 0 spiro atoms. The van der Waals surface area contributed by atoms with Gasteiger partial charge in [0.05, 0.1) is 6.33 Å². The third-order valence-electron chi connectivity index (χ3n) is 4.15. The van der Waals surface area contributed by atoms with Crippen LogP contribution in [0.5, 0.6) is 0 Å². The van der Waals surface area contributed by atoms with E-state index in [0.29, 0.717) is 25.2 Å². The number of amides is 3. The minimum Gasteiger partial charge on any atom is -0.350 e. The second kappa shape index (κ2) is 10.4. The summed E-state index contributed by atoms with van der Waals surface area (Å²) in [5, 5.41) is 8.33. The van der Waals surface area contributed by atoms with E-state index in [-0.39, 0.29) is 11.9 Å². The molecule has 7 nitrogen and oxygen atoms in total. The highest BCUT2D eigenvalue weighted by Gasteiger charge is 2.06. The van der Waals surface area contributed by atoms with Crippen molar-refractivity contribution in [3.8, 4) is 0 Å².